The molecule has 2 saturated heterocycles. The second kappa shape index (κ2) is 7.00. The lowest BCUT2D eigenvalue weighted by molar-refractivity contribution is -0.384. The second-order valence-electron chi connectivity index (χ2n) is 7.12. The van der Waals surface area contributed by atoms with Gasteiger partial charge in [-0.1, -0.05) is 0 Å². The molecule has 3 rings (SSSR count). The number of benzene rings is 1. The third-order valence-corrected chi connectivity index (χ3v) is 5.71. The fraction of sp³-hybridized carbons (Fsp3) is 0.611. The molecule has 1 amide bonds. The second-order valence-corrected chi connectivity index (χ2v) is 7.12. The van der Waals surface area contributed by atoms with Crippen LogP contribution in [-0.2, 0) is 0 Å². The highest BCUT2D eigenvalue weighted by molar-refractivity contribution is 5.96. The first-order chi connectivity index (χ1) is 11.9. The maximum Gasteiger partial charge on any atom is 0.293 e. The molecule has 0 bridgehead atoms. The van der Waals surface area contributed by atoms with Gasteiger partial charge in [-0.2, -0.15) is 0 Å². The van der Waals surface area contributed by atoms with Gasteiger partial charge >= 0.3 is 0 Å². The molecule has 7 heteroatoms. The van der Waals surface area contributed by atoms with Crippen molar-refractivity contribution in [1.82, 2.24) is 9.80 Å². The van der Waals surface area contributed by atoms with Gasteiger partial charge in [0.05, 0.1) is 4.92 Å². The summed E-state index contributed by atoms with van der Waals surface area (Å²) in [5.41, 5.74) is 1.06. The predicted octanol–water partition coefficient (Wildman–Crippen LogP) is 2.36. The van der Waals surface area contributed by atoms with Crippen LogP contribution in [0, 0.1) is 10.1 Å². The van der Waals surface area contributed by atoms with E-state index in [0.29, 0.717) is 17.8 Å². The molecule has 0 radical (unpaired) electrons. The fourth-order valence-electron chi connectivity index (χ4n) is 3.78. The van der Waals surface area contributed by atoms with Crippen molar-refractivity contribution in [3.8, 4) is 0 Å². The van der Waals surface area contributed by atoms with Gasteiger partial charge in [0.25, 0.3) is 11.6 Å². The number of amides is 1. The van der Waals surface area contributed by atoms with Crippen molar-refractivity contribution in [3.63, 3.8) is 0 Å². The normalized spacial score (nSPS) is 24.6. The van der Waals surface area contributed by atoms with E-state index in [-0.39, 0.29) is 28.6 Å². The number of nitro benzene ring substituents is 1. The fourth-order valence-corrected chi connectivity index (χ4v) is 3.78. The van der Waals surface area contributed by atoms with Crippen LogP contribution < -0.4 is 4.90 Å². The minimum Gasteiger partial charge on any atom is -0.366 e. The van der Waals surface area contributed by atoms with Crippen molar-refractivity contribution >= 4 is 17.3 Å². The molecule has 2 aliphatic heterocycles. The Labute approximate surface area is 148 Å². The summed E-state index contributed by atoms with van der Waals surface area (Å²) < 4.78 is 0. The lowest BCUT2D eigenvalue weighted by Gasteiger charge is -2.43. The van der Waals surface area contributed by atoms with E-state index in [1.165, 1.54) is 6.07 Å². The summed E-state index contributed by atoms with van der Waals surface area (Å²) in [6.45, 7) is 7.25. The van der Waals surface area contributed by atoms with Gasteiger partial charge in [0.15, 0.2) is 0 Å². The maximum atomic E-state index is 12.9. The molecule has 2 heterocycles. The molecule has 136 valence electrons. The molecule has 0 aromatic heterocycles. The Hall–Kier alpha value is -2.15. The molecular weight excluding hydrogens is 320 g/mol. The SMILES string of the molecule is CC1C(C)N(C(=O)c2ccc(N3CCCC3)c([N+](=O)[O-])c2)CCN1C. The van der Waals surface area contributed by atoms with Crippen LogP contribution in [0.5, 0.6) is 0 Å². The Bertz CT molecular complexity index is 672. The molecule has 0 aliphatic carbocycles. The quantitative estimate of drug-likeness (QED) is 0.621. The van der Waals surface area contributed by atoms with Gasteiger partial charge < -0.3 is 9.80 Å². The Morgan fingerprint density at radius 2 is 1.80 bits per heavy atom. The summed E-state index contributed by atoms with van der Waals surface area (Å²) in [7, 11) is 2.05. The van der Waals surface area contributed by atoms with Gasteiger partial charge in [0.2, 0.25) is 0 Å². The minimum absolute atomic E-state index is 0.0302. The Balaban J connectivity index is 1.88. The van der Waals surface area contributed by atoms with Gasteiger partial charge in [-0.3, -0.25) is 19.8 Å². The topological polar surface area (TPSA) is 69.9 Å². The average molecular weight is 346 g/mol. The number of nitrogens with zero attached hydrogens (tertiary/aromatic N) is 4. The van der Waals surface area contributed by atoms with E-state index in [4.69, 9.17) is 0 Å². The molecule has 0 spiro atoms. The van der Waals surface area contributed by atoms with E-state index in [1.807, 2.05) is 16.7 Å². The average Bonchev–Trinajstić information content (AvgIpc) is 3.13. The first-order valence-corrected chi connectivity index (χ1v) is 8.94. The van der Waals surface area contributed by atoms with Crippen LogP contribution >= 0.6 is 0 Å². The zero-order valence-corrected chi connectivity index (χ0v) is 15.1. The van der Waals surface area contributed by atoms with Gasteiger partial charge in [0.1, 0.15) is 5.69 Å². The molecule has 1 aromatic carbocycles. The van der Waals surface area contributed by atoms with E-state index in [2.05, 4.69) is 18.9 Å². The van der Waals surface area contributed by atoms with E-state index >= 15 is 0 Å². The lowest BCUT2D eigenvalue weighted by atomic mass is 10.0. The summed E-state index contributed by atoms with van der Waals surface area (Å²) in [4.78, 5) is 30.2. The van der Waals surface area contributed by atoms with Crippen molar-refractivity contribution < 1.29 is 9.72 Å². The molecule has 7 nitrogen and oxygen atoms in total. The van der Waals surface area contributed by atoms with Crippen LogP contribution in [0.15, 0.2) is 18.2 Å². The molecule has 0 saturated carbocycles. The van der Waals surface area contributed by atoms with Crippen LogP contribution in [0.2, 0.25) is 0 Å². The summed E-state index contributed by atoms with van der Waals surface area (Å²) in [5, 5.41) is 11.5. The summed E-state index contributed by atoms with van der Waals surface area (Å²) >= 11 is 0. The van der Waals surface area contributed by atoms with E-state index in [9.17, 15) is 14.9 Å². The van der Waals surface area contributed by atoms with E-state index in [1.54, 1.807) is 12.1 Å². The highest BCUT2D eigenvalue weighted by Crippen LogP contribution is 2.32. The molecular formula is C18H26N4O3. The number of likely N-dealkylation sites (N-methyl/N-ethyl adjacent to an activating group) is 1. The molecule has 25 heavy (non-hydrogen) atoms. The van der Waals surface area contributed by atoms with Crippen molar-refractivity contribution in [2.45, 2.75) is 38.8 Å². The number of hydrogen-bond donors (Lipinski definition) is 0. The predicted molar refractivity (Wildman–Crippen MR) is 97.1 cm³/mol. The van der Waals surface area contributed by atoms with Gasteiger partial charge in [-0.25, -0.2) is 0 Å². The number of hydrogen-bond acceptors (Lipinski definition) is 5. The Morgan fingerprint density at radius 3 is 2.44 bits per heavy atom. The largest absolute Gasteiger partial charge is 0.366 e. The molecule has 0 N–H and O–H groups in total. The van der Waals surface area contributed by atoms with Crippen LogP contribution in [-0.4, -0.2) is 65.9 Å². The van der Waals surface area contributed by atoms with Crippen molar-refractivity contribution in [2.24, 2.45) is 0 Å². The lowest BCUT2D eigenvalue weighted by Crippen LogP contribution is -2.57. The third kappa shape index (κ3) is 3.33. The first-order valence-electron chi connectivity index (χ1n) is 8.94. The highest BCUT2D eigenvalue weighted by atomic mass is 16.6. The smallest absolute Gasteiger partial charge is 0.293 e. The third-order valence-electron chi connectivity index (χ3n) is 5.71. The first kappa shape index (κ1) is 17.7. The number of anilines is 1. The maximum absolute atomic E-state index is 12.9. The van der Waals surface area contributed by atoms with Crippen molar-refractivity contribution in [3.05, 3.63) is 33.9 Å². The van der Waals surface area contributed by atoms with Crippen molar-refractivity contribution in [2.75, 3.05) is 38.1 Å². The van der Waals surface area contributed by atoms with E-state index in [0.717, 1.165) is 32.5 Å². The van der Waals surface area contributed by atoms with E-state index < -0.39 is 0 Å². The summed E-state index contributed by atoms with van der Waals surface area (Å²) in [6, 6.07) is 5.26. The molecule has 2 fully saturated rings. The summed E-state index contributed by atoms with van der Waals surface area (Å²) in [5.74, 6) is -0.122. The minimum atomic E-state index is -0.375. The van der Waals surface area contributed by atoms with Gasteiger partial charge in [-0.05, 0) is 45.9 Å². The number of rotatable bonds is 3. The van der Waals surface area contributed by atoms with Crippen LogP contribution in [0.4, 0.5) is 11.4 Å². The standard InChI is InChI=1S/C18H26N4O3/c1-13-14(2)21(11-10-19(13)3)18(23)15-6-7-16(17(12-15)22(24)25)20-8-4-5-9-20/h6-7,12-14H,4-5,8-11H2,1-3H3. The van der Waals surface area contributed by atoms with Crippen LogP contribution in [0.25, 0.3) is 0 Å². The molecule has 1 aromatic rings. The van der Waals surface area contributed by atoms with Crippen LogP contribution in [0.3, 0.4) is 0 Å². The Kier molecular flexibility index (Phi) is 4.94. The number of carbonyl (C=O) groups is 1. The van der Waals surface area contributed by atoms with Crippen LogP contribution in [0.1, 0.15) is 37.0 Å². The highest BCUT2D eigenvalue weighted by Gasteiger charge is 2.33. The monoisotopic (exact) mass is 346 g/mol. The van der Waals surface area contributed by atoms with Gasteiger partial charge in [-0.15, -0.1) is 0 Å². The summed E-state index contributed by atoms with van der Waals surface area (Å²) in [6.07, 6.45) is 2.10. The number of piperazine rings is 1. The zero-order chi connectivity index (χ0) is 18.1. The molecule has 2 aliphatic rings. The molecule has 2 atom stereocenters. The number of nitro groups is 1. The molecule has 2 unspecified atom stereocenters. The van der Waals surface area contributed by atoms with Crippen molar-refractivity contribution in [1.29, 1.82) is 0 Å². The zero-order valence-electron chi connectivity index (χ0n) is 15.1. The van der Waals surface area contributed by atoms with Gasteiger partial charge in [0, 0.05) is 49.9 Å². The number of carbonyl (C=O) groups excluding carboxylic acids is 1. The Morgan fingerprint density at radius 1 is 1.12 bits per heavy atom.